The zero-order valence-electron chi connectivity index (χ0n) is 25.3. The van der Waals surface area contributed by atoms with Crippen molar-refractivity contribution in [3.63, 3.8) is 0 Å². The molecule has 2 rings (SSSR count). The average molecular weight is 549 g/mol. The Morgan fingerprint density at radius 2 is 1.54 bits per heavy atom. The molecule has 1 heterocycles. The molecule has 4 unspecified atom stereocenters. The van der Waals surface area contributed by atoms with Gasteiger partial charge < -0.3 is 25.5 Å². The van der Waals surface area contributed by atoms with Crippen LogP contribution >= 0.6 is 0 Å². The summed E-state index contributed by atoms with van der Waals surface area (Å²) in [4.78, 5) is 53.7. The number of hydrogen-bond acceptors (Lipinski definition) is 5. The molecule has 1 aromatic rings. The summed E-state index contributed by atoms with van der Waals surface area (Å²) in [5, 5.41) is 15.4. The van der Waals surface area contributed by atoms with Gasteiger partial charge in [-0.1, -0.05) is 73.1 Å². The number of piperazine rings is 1. The van der Waals surface area contributed by atoms with Gasteiger partial charge in [-0.15, -0.1) is 0 Å². The molecule has 0 saturated carbocycles. The van der Waals surface area contributed by atoms with Crippen LogP contribution in [0.4, 0.5) is 0 Å². The van der Waals surface area contributed by atoms with E-state index in [-0.39, 0.29) is 42.3 Å². The van der Waals surface area contributed by atoms with Gasteiger partial charge >= 0.3 is 5.97 Å². The van der Waals surface area contributed by atoms with E-state index in [9.17, 15) is 24.3 Å². The maximum absolute atomic E-state index is 13.8. The first-order valence-electron chi connectivity index (χ1n) is 14.6. The van der Waals surface area contributed by atoms with Gasteiger partial charge in [0.2, 0.25) is 11.8 Å². The summed E-state index contributed by atoms with van der Waals surface area (Å²) in [6.07, 6.45) is 2.61. The van der Waals surface area contributed by atoms with Crippen LogP contribution in [-0.4, -0.2) is 82.4 Å². The van der Waals surface area contributed by atoms with Crippen molar-refractivity contribution in [3.05, 3.63) is 35.9 Å². The van der Waals surface area contributed by atoms with Crippen LogP contribution in [0.1, 0.15) is 97.9 Å². The Labute approximate surface area is 235 Å². The molecule has 9 nitrogen and oxygen atoms in total. The number of benzene rings is 1. The van der Waals surface area contributed by atoms with Gasteiger partial charge in [0.15, 0.2) is 0 Å². The number of carbonyl (C=O) groups is 4. The molecule has 1 aromatic carbocycles. The zero-order chi connectivity index (χ0) is 30.0. The van der Waals surface area contributed by atoms with Crippen molar-refractivity contribution in [2.24, 2.45) is 0 Å². The Morgan fingerprint density at radius 1 is 0.949 bits per heavy atom. The summed E-state index contributed by atoms with van der Waals surface area (Å²) in [7, 11) is 0. The fourth-order valence-electron chi connectivity index (χ4n) is 4.62. The normalized spacial score (nSPS) is 17.9. The molecule has 0 aliphatic carbocycles. The molecule has 1 aliphatic heterocycles. The molecule has 0 bridgehead atoms. The van der Waals surface area contributed by atoms with Crippen LogP contribution in [0, 0.1) is 0 Å². The molecule has 1 saturated heterocycles. The van der Waals surface area contributed by atoms with Gasteiger partial charge in [-0.05, 0) is 31.4 Å². The number of amides is 3. The first kappa shape index (κ1) is 36.1. The van der Waals surface area contributed by atoms with Crippen molar-refractivity contribution >= 4 is 23.7 Å². The van der Waals surface area contributed by atoms with E-state index in [0.717, 1.165) is 12.8 Å². The first-order valence-corrected chi connectivity index (χ1v) is 14.6. The van der Waals surface area contributed by atoms with Crippen molar-refractivity contribution < 1.29 is 24.3 Å². The summed E-state index contributed by atoms with van der Waals surface area (Å²) in [5.74, 6) is -1.41. The monoisotopic (exact) mass is 548 g/mol. The number of aliphatic carboxylic acids is 1. The maximum Gasteiger partial charge on any atom is 0.304 e. The standard InChI is InChI=1S/C26H40N4O5.2C2H6/c1-5-11-21-16-29(18(4)31)17-22(15-27-20(6-2)14-24(32)33)30(21)26(35)23(7-3)28-25(34)19-12-9-8-10-13-19;2*1-2/h8-10,12-13,20-23,27H,5-7,11,14-17H2,1-4H3,(H,28,34)(H,32,33);2*1-2H3. The van der Waals surface area contributed by atoms with Crippen molar-refractivity contribution in [2.75, 3.05) is 19.6 Å². The molecular formula is C30H52N4O5. The Morgan fingerprint density at radius 3 is 2.03 bits per heavy atom. The van der Waals surface area contributed by atoms with E-state index in [0.29, 0.717) is 38.0 Å². The lowest BCUT2D eigenvalue weighted by Crippen LogP contribution is -2.66. The molecular weight excluding hydrogens is 496 g/mol. The number of rotatable bonds is 12. The molecule has 39 heavy (non-hydrogen) atoms. The summed E-state index contributed by atoms with van der Waals surface area (Å²) in [5.41, 5.74) is 0.489. The molecule has 1 aliphatic rings. The van der Waals surface area contributed by atoms with Crippen molar-refractivity contribution in [1.82, 2.24) is 20.4 Å². The number of nitrogens with one attached hydrogen (secondary N) is 2. The highest BCUT2D eigenvalue weighted by Crippen LogP contribution is 2.22. The molecule has 0 spiro atoms. The van der Waals surface area contributed by atoms with Gasteiger partial charge in [0.1, 0.15) is 6.04 Å². The lowest BCUT2D eigenvalue weighted by Gasteiger charge is -2.48. The first-order chi connectivity index (χ1) is 18.7. The molecule has 4 atom stereocenters. The lowest BCUT2D eigenvalue weighted by molar-refractivity contribution is -0.148. The second-order valence-corrected chi connectivity index (χ2v) is 9.18. The van der Waals surface area contributed by atoms with Crippen molar-refractivity contribution in [3.8, 4) is 0 Å². The van der Waals surface area contributed by atoms with E-state index in [2.05, 4.69) is 10.6 Å². The van der Waals surface area contributed by atoms with Crippen LogP contribution in [-0.2, 0) is 14.4 Å². The highest BCUT2D eigenvalue weighted by atomic mass is 16.4. The van der Waals surface area contributed by atoms with Gasteiger partial charge in [0.05, 0.1) is 12.5 Å². The largest absolute Gasteiger partial charge is 0.481 e. The highest BCUT2D eigenvalue weighted by Gasteiger charge is 2.40. The van der Waals surface area contributed by atoms with Crippen LogP contribution in [0.2, 0.25) is 0 Å². The Bertz CT molecular complexity index is 864. The predicted octanol–water partition coefficient (Wildman–Crippen LogP) is 4.32. The fraction of sp³-hybridized carbons (Fsp3) is 0.667. The second-order valence-electron chi connectivity index (χ2n) is 9.18. The van der Waals surface area contributed by atoms with Gasteiger partial charge in [0.25, 0.3) is 5.91 Å². The second kappa shape index (κ2) is 20.0. The molecule has 3 amide bonds. The third-order valence-corrected chi connectivity index (χ3v) is 6.57. The third kappa shape index (κ3) is 11.8. The third-order valence-electron chi connectivity index (χ3n) is 6.57. The number of carboxylic acid groups (broad SMARTS) is 1. The van der Waals surface area contributed by atoms with Crippen LogP contribution in [0.15, 0.2) is 30.3 Å². The van der Waals surface area contributed by atoms with Crippen LogP contribution in [0.3, 0.4) is 0 Å². The predicted molar refractivity (Wildman–Crippen MR) is 157 cm³/mol. The van der Waals surface area contributed by atoms with E-state index in [4.69, 9.17) is 0 Å². The smallest absolute Gasteiger partial charge is 0.304 e. The number of carbonyl (C=O) groups excluding carboxylic acids is 3. The summed E-state index contributed by atoms with van der Waals surface area (Å²) >= 11 is 0. The Kier molecular flexibility index (Phi) is 18.5. The van der Waals surface area contributed by atoms with E-state index in [1.54, 1.807) is 29.2 Å². The number of nitrogens with zero attached hydrogens (tertiary/aromatic N) is 2. The van der Waals surface area contributed by atoms with Crippen LogP contribution in [0.25, 0.3) is 0 Å². The maximum atomic E-state index is 13.8. The van der Waals surface area contributed by atoms with Gasteiger partial charge in [0, 0.05) is 44.2 Å². The topological polar surface area (TPSA) is 119 Å². The fourth-order valence-corrected chi connectivity index (χ4v) is 4.62. The minimum atomic E-state index is -0.884. The molecule has 3 N–H and O–H groups in total. The van der Waals surface area contributed by atoms with E-state index < -0.39 is 12.0 Å². The molecule has 0 radical (unpaired) electrons. The number of carboxylic acids is 1. The minimum absolute atomic E-state index is 0.0172. The molecule has 1 fully saturated rings. The summed E-state index contributed by atoms with van der Waals surface area (Å²) in [6.45, 7) is 16.5. The van der Waals surface area contributed by atoms with E-state index in [1.165, 1.54) is 6.92 Å². The quantitative estimate of drug-likeness (QED) is 0.358. The lowest BCUT2D eigenvalue weighted by atomic mass is 9.98. The number of hydrogen-bond donors (Lipinski definition) is 3. The van der Waals surface area contributed by atoms with Gasteiger partial charge in [-0.3, -0.25) is 19.2 Å². The minimum Gasteiger partial charge on any atom is -0.481 e. The van der Waals surface area contributed by atoms with Crippen molar-refractivity contribution in [2.45, 2.75) is 112 Å². The Balaban J connectivity index is 0.00000344. The van der Waals surface area contributed by atoms with E-state index >= 15 is 0 Å². The van der Waals surface area contributed by atoms with Crippen molar-refractivity contribution in [1.29, 1.82) is 0 Å². The van der Waals surface area contributed by atoms with Gasteiger partial charge in [-0.25, -0.2) is 0 Å². The summed E-state index contributed by atoms with van der Waals surface area (Å²) < 4.78 is 0. The van der Waals surface area contributed by atoms with Gasteiger partial charge in [-0.2, -0.15) is 0 Å². The van der Waals surface area contributed by atoms with E-state index in [1.807, 2.05) is 59.4 Å². The highest BCUT2D eigenvalue weighted by molar-refractivity contribution is 5.97. The average Bonchev–Trinajstić information content (AvgIpc) is 2.95. The molecule has 0 aromatic heterocycles. The summed E-state index contributed by atoms with van der Waals surface area (Å²) in [6, 6.07) is 7.35. The zero-order valence-corrected chi connectivity index (χ0v) is 25.3. The molecule has 222 valence electrons. The Hall–Kier alpha value is -2.94. The van der Waals surface area contributed by atoms with Crippen LogP contribution in [0.5, 0.6) is 0 Å². The SMILES string of the molecule is CC.CC.CCCC1CN(C(C)=O)CC(CNC(CC)CC(=O)O)N1C(=O)C(CC)NC(=O)c1ccccc1. The molecule has 9 heteroatoms. The van der Waals surface area contributed by atoms with Crippen LogP contribution < -0.4 is 10.6 Å².